The van der Waals surface area contributed by atoms with Gasteiger partial charge in [0.2, 0.25) is 13.0 Å². The molecule has 1 aliphatic heterocycles. The summed E-state index contributed by atoms with van der Waals surface area (Å²) in [6, 6.07) is 3.21. The van der Waals surface area contributed by atoms with Gasteiger partial charge in [0.1, 0.15) is 0 Å². The lowest BCUT2D eigenvalue weighted by atomic mass is 10.2. The molecule has 1 heterocycles. The van der Waals surface area contributed by atoms with Crippen molar-refractivity contribution >= 4 is 17.7 Å². The summed E-state index contributed by atoms with van der Waals surface area (Å²) in [5.74, 6) is 0.986. The zero-order valence-electron chi connectivity index (χ0n) is 7.47. The van der Waals surface area contributed by atoms with Crippen LogP contribution in [0.25, 0.3) is 6.08 Å². The van der Waals surface area contributed by atoms with Crippen molar-refractivity contribution in [1.29, 1.82) is 0 Å². The highest BCUT2D eigenvalue weighted by Gasteiger charge is 2.17. The van der Waals surface area contributed by atoms with Crippen LogP contribution in [-0.4, -0.2) is 11.7 Å². The van der Waals surface area contributed by atoms with Gasteiger partial charge in [0.15, 0.2) is 11.5 Å². The van der Waals surface area contributed by atoms with Gasteiger partial charge in [-0.2, -0.15) is 0 Å². The van der Waals surface area contributed by atoms with Crippen molar-refractivity contribution in [3.05, 3.63) is 39.0 Å². The first kappa shape index (κ1) is 9.79. The highest BCUT2D eigenvalue weighted by molar-refractivity contribution is 6.32. The molecule has 0 saturated carbocycles. The van der Waals surface area contributed by atoms with Crippen LogP contribution in [0.3, 0.4) is 0 Å². The molecule has 5 nitrogen and oxygen atoms in total. The monoisotopic (exact) mass is 227 g/mol. The fourth-order valence-corrected chi connectivity index (χ4v) is 1.50. The standard InChI is InChI=1S/C9H6ClNO4/c10-7-3-6(1-2-11(12)13)4-8-9(7)15-5-14-8/h1-4H,5H2/b2-1+. The normalized spacial score (nSPS) is 13.4. The molecule has 1 aromatic rings. The molecule has 0 saturated heterocycles. The summed E-state index contributed by atoms with van der Waals surface area (Å²) in [6.45, 7) is 0.122. The van der Waals surface area contributed by atoms with Crippen molar-refractivity contribution in [2.24, 2.45) is 0 Å². The van der Waals surface area contributed by atoms with E-state index in [-0.39, 0.29) is 6.79 Å². The molecule has 0 atom stereocenters. The minimum Gasteiger partial charge on any atom is -0.454 e. The van der Waals surface area contributed by atoms with Gasteiger partial charge in [-0.3, -0.25) is 10.1 Å². The molecule has 1 aromatic carbocycles. The fourth-order valence-electron chi connectivity index (χ4n) is 1.23. The number of rotatable bonds is 2. The van der Waals surface area contributed by atoms with Crippen LogP contribution >= 0.6 is 11.6 Å². The largest absolute Gasteiger partial charge is 0.454 e. The minimum absolute atomic E-state index is 0.122. The number of ether oxygens (including phenoxy) is 2. The molecule has 78 valence electrons. The number of nitro groups is 1. The van der Waals surface area contributed by atoms with Crippen molar-refractivity contribution in [3.8, 4) is 11.5 Å². The molecular weight excluding hydrogens is 222 g/mol. The van der Waals surface area contributed by atoms with Gasteiger partial charge in [0, 0.05) is 6.08 Å². The first-order chi connectivity index (χ1) is 7.16. The van der Waals surface area contributed by atoms with E-state index >= 15 is 0 Å². The highest BCUT2D eigenvalue weighted by atomic mass is 35.5. The topological polar surface area (TPSA) is 61.6 Å². The Morgan fingerprint density at radius 1 is 1.47 bits per heavy atom. The van der Waals surface area contributed by atoms with E-state index in [0.717, 1.165) is 6.20 Å². The number of benzene rings is 1. The Labute approximate surface area is 90.0 Å². The Hall–Kier alpha value is -1.75. The number of fused-ring (bicyclic) bond motifs is 1. The quantitative estimate of drug-likeness (QED) is 0.575. The first-order valence-corrected chi connectivity index (χ1v) is 4.45. The summed E-state index contributed by atoms with van der Waals surface area (Å²) < 4.78 is 10.2. The van der Waals surface area contributed by atoms with Crippen molar-refractivity contribution in [1.82, 2.24) is 0 Å². The zero-order valence-corrected chi connectivity index (χ0v) is 8.23. The van der Waals surface area contributed by atoms with Crippen molar-refractivity contribution < 1.29 is 14.4 Å². The molecule has 0 fully saturated rings. The number of halogens is 1. The summed E-state index contributed by atoms with van der Waals surface area (Å²) in [6.07, 6.45) is 2.18. The van der Waals surface area contributed by atoms with E-state index in [1.165, 1.54) is 6.08 Å². The molecule has 0 aromatic heterocycles. The average Bonchev–Trinajstić information content (AvgIpc) is 2.63. The molecule has 0 amide bonds. The molecule has 1 aliphatic rings. The van der Waals surface area contributed by atoms with Gasteiger partial charge in [-0.25, -0.2) is 0 Å². The van der Waals surface area contributed by atoms with Crippen LogP contribution in [0.5, 0.6) is 11.5 Å². The SMILES string of the molecule is O=[N+]([O-])/C=C/c1cc(Cl)c2c(c1)OCO2. The maximum Gasteiger partial charge on any atom is 0.235 e. The third kappa shape index (κ3) is 2.02. The van der Waals surface area contributed by atoms with Crippen LogP contribution in [0.15, 0.2) is 18.3 Å². The fraction of sp³-hybridized carbons (Fsp3) is 0.111. The second kappa shape index (κ2) is 3.78. The lowest BCUT2D eigenvalue weighted by molar-refractivity contribution is -0.400. The molecule has 0 N–H and O–H groups in total. The van der Waals surface area contributed by atoms with E-state index in [2.05, 4.69) is 0 Å². The average molecular weight is 228 g/mol. The predicted molar refractivity (Wildman–Crippen MR) is 53.6 cm³/mol. The van der Waals surface area contributed by atoms with E-state index in [9.17, 15) is 10.1 Å². The number of hydrogen-bond donors (Lipinski definition) is 0. The molecule has 0 radical (unpaired) electrons. The molecule has 0 bridgehead atoms. The van der Waals surface area contributed by atoms with E-state index in [1.807, 2.05) is 0 Å². The molecule has 0 aliphatic carbocycles. The van der Waals surface area contributed by atoms with Crippen molar-refractivity contribution in [2.45, 2.75) is 0 Å². The van der Waals surface area contributed by atoms with Crippen LogP contribution in [0.2, 0.25) is 5.02 Å². The van der Waals surface area contributed by atoms with Crippen molar-refractivity contribution in [3.63, 3.8) is 0 Å². The summed E-state index contributed by atoms with van der Waals surface area (Å²) in [7, 11) is 0. The predicted octanol–water partition coefficient (Wildman–Crippen LogP) is 2.32. The Balaban J connectivity index is 2.35. The molecular formula is C9H6ClNO4. The van der Waals surface area contributed by atoms with Crippen LogP contribution in [0.4, 0.5) is 0 Å². The highest BCUT2D eigenvalue weighted by Crippen LogP contribution is 2.39. The Kier molecular flexibility index (Phi) is 2.47. The first-order valence-electron chi connectivity index (χ1n) is 4.07. The third-order valence-electron chi connectivity index (χ3n) is 1.84. The van der Waals surface area contributed by atoms with Crippen LogP contribution in [0.1, 0.15) is 5.56 Å². The van der Waals surface area contributed by atoms with Crippen molar-refractivity contribution in [2.75, 3.05) is 6.79 Å². The van der Waals surface area contributed by atoms with Gasteiger partial charge in [0.25, 0.3) is 0 Å². The van der Waals surface area contributed by atoms with Gasteiger partial charge in [-0.15, -0.1) is 0 Å². The lowest BCUT2D eigenvalue weighted by Crippen LogP contribution is -1.93. The second-order valence-corrected chi connectivity index (χ2v) is 3.24. The maximum absolute atomic E-state index is 10.1. The smallest absolute Gasteiger partial charge is 0.235 e. The lowest BCUT2D eigenvalue weighted by Gasteiger charge is -1.99. The molecule has 2 rings (SSSR count). The van der Waals surface area contributed by atoms with E-state index in [1.54, 1.807) is 12.1 Å². The minimum atomic E-state index is -0.543. The summed E-state index contributed by atoms with van der Waals surface area (Å²) in [5, 5.41) is 10.5. The third-order valence-corrected chi connectivity index (χ3v) is 2.12. The van der Waals surface area contributed by atoms with Gasteiger partial charge in [-0.1, -0.05) is 11.6 Å². The second-order valence-electron chi connectivity index (χ2n) is 2.84. The Bertz CT molecular complexity index is 444. The van der Waals surface area contributed by atoms with E-state index < -0.39 is 4.92 Å². The van der Waals surface area contributed by atoms with Gasteiger partial charge >= 0.3 is 0 Å². The Morgan fingerprint density at radius 2 is 2.27 bits per heavy atom. The van der Waals surface area contributed by atoms with Gasteiger partial charge < -0.3 is 9.47 Å². The molecule has 0 unspecified atom stereocenters. The summed E-state index contributed by atoms with van der Waals surface area (Å²) >= 11 is 5.88. The Morgan fingerprint density at radius 3 is 3.00 bits per heavy atom. The summed E-state index contributed by atoms with van der Waals surface area (Å²) in [4.78, 5) is 9.58. The van der Waals surface area contributed by atoms with Crippen LogP contribution in [0, 0.1) is 10.1 Å². The van der Waals surface area contributed by atoms with Crippen LogP contribution < -0.4 is 9.47 Å². The summed E-state index contributed by atoms with van der Waals surface area (Å²) in [5.41, 5.74) is 0.598. The molecule has 15 heavy (non-hydrogen) atoms. The number of nitrogens with zero attached hydrogens (tertiary/aromatic N) is 1. The number of hydrogen-bond acceptors (Lipinski definition) is 4. The van der Waals surface area contributed by atoms with Gasteiger partial charge in [0.05, 0.1) is 9.95 Å². The van der Waals surface area contributed by atoms with Gasteiger partial charge in [-0.05, 0) is 17.7 Å². The zero-order chi connectivity index (χ0) is 10.8. The van der Waals surface area contributed by atoms with E-state index in [0.29, 0.717) is 22.1 Å². The molecule has 6 heteroatoms. The maximum atomic E-state index is 10.1. The van der Waals surface area contributed by atoms with E-state index in [4.69, 9.17) is 21.1 Å². The van der Waals surface area contributed by atoms with Crippen LogP contribution in [-0.2, 0) is 0 Å². The molecule has 0 spiro atoms.